The van der Waals surface area contributed by atoms with E-state index in [4.69, 9.17) is 32.7 Å². The van der Waals surface area contributed by atoms with Crippen LogP contribution < -0.4 is 10.1 Å². The van der Waals surface area contributed by atoms with Gasteiger partial charge in [-0.15, -0.1) is 0 Å². The van der Waals surface area contributed by atoms with Crippen LogP contribution in [-0.2, 0) is 16.0 Å². The molecule has 0 aliphatic carbocycles. The summed E-state index contributed by atoms with van der Waals surface area (Å²) in [5.41, 5.74) is 2.33. The van der Waals surface area contributed by atoms with Gasteiger partial charge in [0.1, 0.15) is 12.4 Å². The zero-order valence-electron chi connectivity index (χ0n) is 17.6. The zero-order valence-corrected chi connectivity index (χ0v) is 19.1. The first-order valence-corrected chi connectivity index (χ1v) is 10.7. The van der Waals surface area contributed by atoms with Gasteiger partial charge in [-0.25, -0.2) is 9.59 Å². The highest BCUT2D eigenvalue weighted by Crippen LogP contribution is 2.35. The summed E-state index contributed by atoms with van der Waals surface area (Å²) >= 11 is 12.4. The maximum Gasteiger partial charge on any atom is 0.338 e. The van der Waals surface area contributed by atoms with Crippen LogP contribution in [0.2, 0.25) is 10.0 Å². The van der Waals surface area contributed by atoms with Gasteiger partial charge in [0, 0.05) is 17.1 Å². The van der Waals surface area contributed by atoms with Crippen molar-refractivity contribution in [2.45, 2.75) is 26.3 Å². The molecule has 0 saturated heterocycles. The molecule has 0 fully saturated rings. The first-order valence-electron chi connectivity index (χ1n) is 9.96. The predicted molar refractivity (Wildman–Crippen MR) is 120 cm³/mol. The Bertz CT molecular complexity index is 1020. The molecule has 0 radical (unpaired) electrons. The number of aryl methyl sites for hydroxylation is 1. The lowest BCUT2D eigenvalue weighted by Gasteiger charge is -2.34. The van der Waals surface area contributed by atoms with E-state index in [-0.39, 0.29) is 24.8 Å². The van der Waals surface area contributed by atoms with Crippen LogP contribution in [0.4, 0.5) is 4.79 Å². The van der Waals surface area contributed by atoms with E-state index in [2.05, 4.69) is 12.2 Å². The van der Waals surface area contributed by atoms with Gasteiger partial charge in [0.15, 0.2) is 0 Å². The number of hydrogen-bond donors (Lipinski definition) is 1. The highest BCUT2D eigenvalue weighted by molar-refractivity contribution is 6.35. The van der Waals surface area contributed by atoms with Gasteiger partial charge in [0.05, 0.1) is 23.9 Å². The molecule has 0 saturated carbocycles. The molecule has 1 heterocycles. The Balaban J connectivity index is 2.05. The Hall–Kier alpha value is -2.70. The lowest BCUT2D eigenvalue weighted by molar-refractivity contribution is -0.139. The van der Waals surface area contributed by atoms with E-state index < -0.39 is 12.0 Å². The topological polar surface area (TPSA) is 67.9 Å². The quantitative estimate of drug-likeness (QED) is 0.577. The van der Waals surface area contributed by atoms with Crippen molar-refractivity contribution in [2.75, 3.05) is 20.3 Å². The molecule has 3 rings (SSSR count). The Labute approximate surface area is 191 Å². The average Bonchev–Trinajstić information content (AvgIpc) is 2.74. The molecular formula is C23H24Cl2N2O4. The summed E-state index contributed by atoms with van der Waals surface area (Å²) in [6, 6.07) is 11.4. The van der Waals surface area contributed by atoms with E-state index in [9.17, 15) is 9.59 Å². The van der Waals surface area contributed by atoms with Crippen LogP contribution in [0.25, 0.3) is 0 Å². The third-order valence-electron chi connectivity index (χ3n) is 5.03. The van der Waals surface area contributed by atoms with Crippen molar-refractivity contribution in [3.05, 3.63) is 74.9 Å². The van der Waals surface area contributed by atoms with E-state index in [1.807, 2.05) is 24.3 Å². The third-order valence-corrected chi connectivity index (χ3v) is 5.59. The fourth-order valence-corrected chi connectivity index (χ4v) is 3.87. The number of amides is 2. The van der Waals surface area contributed by atoms with Crippen LogP contribution >= 0.6 is 23.2 Å². The highest BCUT2D eigenvalue weighted by atomic mass is 35.5. The molecule has 1 aliphatic heterocycles. The molecule has 2 aromatic carbocycles. The molecule has 0 bridgehead atoms. The van der Waals surface area contributed by atoms with Crippen molar-refractivity contribution in [2.24, 2.45) is 0 Å². The van der Waals surface area contributed by atoms with Gasteiger partial charge in [0.25, 0.3) is 0 Å². The lowest BCUT2D eigenvalue weighted by Crippen LogP contribution is -2.48. The Morgan fingerprint density at radius 1 is 1.16 bits per heavy atom. The van der Waals surface area contributed by atoms with E-state index in [0.717, 1.165) is 12.0 Å². The van der Waals surface area contributed by atoms with Gasteiger partial charge in [0.2, 0.25) is 0 Å². The zero-order chi connectivity index (χ0) is 22.5. The number of urea groups is 1. The molecular weight excluding hydrogens is 439 g/mol. The Kier molecular flexibility index (Phi) is 7.46. The van der Waals surface area contributed by atoms with Gasteiger partial charge < -0.3 is 14.8 Å². The van der Waals surface area contributed by atoms with Gasteiger partial charge >= 0.3 is 12.0 Å². The highest BCUT2D eigenvalue weighted by Gasteiger charge is 2.38. The molecule has 164 valence electrons. The van der Waals surface area contributed by atoms with Crippen molar-refractivity contribution >= 4 is 35.2 Å². The predicted octanol–water partition coefficient (Wildman–Crippen LogP) is 5.15. The maximum absolute atomic E-state index is 13.0. The second kappa shape index (κ2) is 10.1. The van der Waals surface area contributed by atoms with Crippen LogP contribution in [-0.4, -0.2) is 37.2 Å². The van der Waals surface area contributed by atoms with Crippen LogP contribution in [0.15, 0.2) is 53.7 Å². The molecule has 1 atom stereocenters. The summed E-state index contributed by atoms with van der Waals surface area (Å²) in [7, 11) is 1.58. The number of hydrogen-bond acceptors (Lipinski definition) is 4. The first-order chi connectivity index (χ1) is 14.8. The molecule has 1 aliphatic rings. The maximum atomic E-state index is 13.0. The number of ether oxygens (including phenoxy) is 2. The number of nitrogens with one attached hydrogen (secondary N) is 1. The number of nitrogens with zero attached hydrogens (tertiary/aromatic N) is 1. The Morgan fingerprint density at radius 2 is 1.94 bits per heavy atom. The number of carbonyl (C=O) groups excluding carboxylic acids is 2. The number of likely N-dealkylation sites (N-methyl/N-ethyl adjacent to an activating group) is 1. The number of esters is 1. The molecule has 8 heteroatoms. The molecule has 31 heavy (non-hydrogen) atoms. The van der Waals surface area contributed by atoms with Gasteiger partial charge in [-0.3, -0.25) is 4.90 Å². The fraction of sp³-hybridized carbons (Fsp3) is 0.304. The smallest absolute Gasteiger partial charge is 0.338 e. The van der Waals surface area contributed by atoms with Gasteiger partial charge in [-0.1, -0.05) is 48.3 Å². The first kappa shape index (κ1) is 23.0. The van der Waals surface area contributed by atoms with Crippen LogP contribution in [0, 0.1) is 0 Å². The molecule has 0 spiro atoms. The van der Waals surface area contributed by atoms with Crippen LogP contribution in [0.5, 0.6) is 5.75 Å². The van der Waals surface area contributed by atoms with Crippen molar-refractivity contribution < 1.29 is 19.1 Å². The number of halogens is 2. The monoisotopic (exact) mass is 462 g/mol. The normalized spacial score (nSPS) is 16.2. The minimum atomic E-state index is -0.798. The third kappa shape index (κ3) is 5.14. The largest absolute Gasteiger partial charge is 0.487 e. The minimum Gasteiger partial charge on any atom is -0.487 e. The Morgan fingerprint density at radius 3 is 2.61 bits per heavy atom. The van der Waals surface area contributed by atoms with Crippen molar-refractivity contribution in [1.29, 1.82) is 0 Å². The average molecular weight is 463 g/mol. The standard InChI is InChI=1S/C23H24Cl2N2O4/c1-4-14-7-6-8-16(11-14)31-13-19-20(22(28)30-5-2)21(26-23(29)27(19)3)17-10-9-15(24)12-18(17)25/h6-12,21H,4-5,13H2,1-3H3,(H,26,29)/t21-/m1/s1. The summed E-state index contributed by atoms with van der Waals surface area (Å²) in [5.74, 6) is 0.0989. The van der Waals surface area contributed by atoms with Gasteiger partial charge in [-0.2, -0.15) is 0 Å². The van der Waals surface area contributed by atoms with Crippen LogP contribution in [0.3, 0.4) is 0 Å². The van der Waals surface area contributed by atoms with Crippen LogP contribution in [0.1, 0.15) is 31.0 Å². The summed E-state index contributed by atoms with van der Waals surface area (Å²) in [4.78, 5) is 27.0. The fourth-order valence-electron chi connectivity index (χ4n) is 3.36. The van der Waals surface area contributed by atoms with Crippen molar-refractivity contribution in [3.8, 4) is 5.75 Å². The second-order valence-corrected chi connectivity index (χ2v) is 7.82. The molecule has 0 aromatic heterocycles. The second-order valence-electron chi connectivity index (χ2n) is 6.98. The summed E-state index contributed by atoms with van der Waals surface area (Å²) < 4.78 is 11.3. The number of carbonyl (C=O) groups is 2. The molecule has 2 amide bonds. The van der Waals surface area contributed by atoms with Crippen molar-refractivity contribution in [3.63, 3.8) is 0 Å². The molecule has 0 unspecified atom stereocenters. The molecule has 2 aromatic rings. The van der Waals surface area contributed by atoms with E-state index in [1.165, 1.54) is 4.90 Å². The van der Waals surface area contributed by atoms with Gasteiger partial charge in [-0.05, 0) is 48.7 Å². The minimum absolute atomic E-state index is 0.00689. The van der Waals surface area contributed by atoms with E-state index in [1.54, 1.807) is 32.2 Å². The lowest BCUT2D eigenvalue weighted by atomic mass is 9.94. The SMILES string of the molecule is CCOC(=O)C1=C(COc2cccc(CC)c2)N(C)C(=O)N[C@@H]1c1ccc(Cl)cc1Cl. The number of benzene rings is 2. The van der Waals surface area contributed by atoms with E-state index >= 15 is 0 Å². The van der Waals surface area contributed by atoms with E-state index in [0.29, 0.717) is 27.1 Å². The summed E-state index contributed by atoms with van der Waals surface area (Å²) in [6.07, 6.45) is 0.868. The van der Waals surface area contributed by atoms with Crippen molar-refractivity contribution in [1.82, 2.24) is 10.2 Å². The molecule has 6 nitrogen and oxygen atoms in total. The summed E-state index contributed by atoms with van der Waals surface area (Å²) in [5, 5.41) is 3.61. The summed E-state index contributed by atoms with van der Waals surface area (Å²) in [6.45, 7) is 3.97. The number of rotatable bonds is 7. The molecule has 1 N–H and O–H groups in total.